The van der Waals surface area contributed by atoms with Crippen molar-refractivity contribution in [2.75, 3.05) is 7.11 Å². The zero-order valence-electron chi connectivity index (χ0n) is 10.2. The molecule has 0 radical (unpaired) electrons. The number of methoxy groups -OCH3 is 1. The van der Waals surface area contributed by atoms with Crippen LogP contribution in [0.3, 0.4) is 0 Å². The molecule has 7 nitrogen and oxygen atoms in total. The highest BCUT2D eigenvalue weighted by atomic mass is 16.5. The molecule has 102 valence electrons. The van der Waals surface area contributed by atoms with Gasteiger partial charge in [0.25, 0.3) is 0 Å². The van der Waals surface area contributed by atoms with Crippen LogP contribution >= 0.6 is 0 Å². The lowest BCUT2D eigenvalue weighted by Crippen LogP contribution is -2.42. The molecule has 2 atom stereocenters. The van der Waals surface area contributed by atoms with Gasteiger partial charge in [0, 0.05) is 6.42 Å². The maximum Gasteiger partial charge on any atom is 0.328 e. The minimum atomic E-state index is -1.17. The number of esters is 1. The fourth-order valence-corrected chi connectivity index (χ4v) is 1.20. The van der Waals surface area contributed by atoms with Gasteiger partial charge in [0.2, 0.25) is 5.91 Å². The molecule has 0 rings (SSSR count). The average Bonchev–Trinajstić information content (AvgIpc) is 2.34. The van der Waals surface area contributed by atoms with Gasteiger partial charge in [-0.25, -0.2) is 4.79 Å². The number of rotatable bonds is 8. The fourth-order valence-electron chi connectivity index (χ4n) is 1.20. The zero-order chi connectivity index (χ0) is 14.1. The van der Waals surface area contributed by atoms with Crippen molar-refractivity contribution in [1.82, 2.24) is 5.32 Å². The second-order valence-electron chi connectivity index (χ2n) is 3.65. The third kappa shape index (κ3) is 6.00. The minimum Gasteiger partial charge on any atom is -0.480 e. The lowest BCUT2D eigenvalue weighted by Gasteiger charge is -2.15. The smallest absolute Gasteiger partial charge is 0.328 e. The molecular weight excluding hydrogens is 240 g/mol. The number of hydrogen-bond donors (Lipinski definition) is 3. The number of nitrogens with one attached hydrogen (secondary N) is 1. The summed E-state index contributed by atoms with van der Waals surface area (Å²) in [6.07, 6.45) is 1.65. The van der Waals surface area contributed by atoms with Crippen LogP contribution in [0, 0.1) is 0 Å². The molecule has 0 bridgehead atoms. The summed E-state index contributed by atoms with van der Waals surface area (Å²) >= 11 is 0. The van der Waals surface area contributed by atoms with Crippen molar-refractivity contribution in [3.63, 3.8) is 0 Å². The SMILES string of the molecule is C=CCC(NC(=O)CC[C@H](N)C(=O)O)C(=O)OC. The second-order valence-corrected chi connectivity index (χ2v) is 3.65. The molecule has 0 spiro atoms. The summed E-state index contributed by atoms with van der Waals surface area (Å²) in [5.74, 6) is -2.20. The van der Waals surface area contributed by atoms with E-state index in [4.69, 9.17) is 10.8 Å². The number of amides is 1. The molecule has 0 aromatic carbocycles. The molecule has 0 saturated heterocycles. The first-order valence-corrected chi connectivity index (χ1v) is 5.38. The van der Waals surface area contributed by atoms with Crippen LogP contribution in [0.15, 0.2) is 12.7 Å². The topological polar surface area (TPSA) is 119 Å². The first-order chi connectivity index (χ1) is 8.42. The van der Waals surface area contributed by atoms with E-state index in [1.165, 1.54) is 13.2 Å². The van der Waals surface area contributed by atoms with Gasteiger partial charge in [-0.05, 0) is 12.8 Å². The lowest BCUT2D eigenvalue weighted by atomic mass is 10.1. The quantitative estimate of drug-likeness (QED) is 0.395. The van der Waals surface area contributed by atoms with E-state index in [1.54, 1.807) is 0 Å². The molecule has 1 unspecified atom stereocenters. The highest BCUT2D eigenvalue weighted by Gasteiger charge is 2.21. The molecular formula is C11H18N2O5. The summed E-state index contributed by atoms with van der Waals surface area (Å²) in [5, 5.41) is 11.0. The van der Waals surface area contributed by atoms with Crippen molar-refractivity contribution in [3.05, 3.63) is 12.7 Å². The van der Waals surface area contributed by atoms with Gasteiger partial charge in [-0.1, -0.05) is 6.08 Å². The van der Waals surface area contributed by atoms with Gasteiger partial charge in [0.15, 0.2) is 0 Å². The van der Waals surface area contributed by atoms with Crippen LogP contribution in [-0.4, -0.2) is 42.1 Å². The van der Waals surface area contributed by atoms with E-state index in [0.717, 1.165) is 0 Å². The maximum atomic E-state index is 11.5. The van der Waals surface area contributed by atoms with Gasteiger partial charge >= 0.3 is 11.9 Å². The number of carboxylic acids is 1. The molecule has 4 N–H and O–H groups in total. The molecule has 0 saturated carbocycles. The summed E-state index contributed by atoms with van der Waals surface area (Å²) in [5.41, 5.74) is 5.25. The molecule has 1 amide bonds. The third-order valence-corrected chi connectivity index (χ3v) is 2.22. The van der Waals surface area contributed by atoms with Crippen LogP contribution in [0.5, 0.6) is 0 Å². The molecule has 0 aliphatic heterocycles. The Morgan fingerprint density at radius 1 is 1.50 bits per heavy atom. The van der Waals surface area contributed by atoms with E-state index in [-0.39, 0.29) is 19.3 Å². The Bertz CT molecular complexity index is 329. The third-order valence-electron chi connectivity index (χ3n) is 2.22. The molecule has 0 fully saturated rings. The molecule has 0 aromatic rings. The van der Waals surface area contributed by atoms with Crippen molar-refractivity contribution in [2.45, 2.75) is 31.3 Å². The highest BCUT2D eigenvalue weighted by Crippen LogP contribution is 2.00. The standard InChI is InChI=1S/C11H18N2O5/c1-3-4-8(11(17)18-2)13-9(14)6-5-7(12)10(15)16/h3,7-8H,1,4-6,12H2,2H3,(H,13,14)(H,15,16)/t7-,8?/m0/s1. The van der Waals surface area contributed by atoms with Crippen LogP contribution in [0.4, 0.5) is 0 Å². The van der Waals surface area contributed by atoms with Gasteiger partial charge in [-0.15, -0.1) is 6.58 Å². The minimum absolute atomic E-state index is 0.00312. The first-order valence-electron chi connectivity index (χ1n) is 5.38. The Labute approximate surface area is 105 Å². The Morgan fingerprint density at radius 3 is 2.56 bits per heavy atom. The van der Waals surface area contributed by atoms with Crippen LogP contribution in [0.2, 0.25) is 0 Å². The van der Waals surface area contributed by atoms with Crippen molar-refractivity contribution in [3.8, 4) is 0 Å². The van der Waals surface area contributed by atoms with E-state index >= 15 is 0 Å². The predicted molar refractivity (Wildman–Crippen MR) is 63.6 cm³/mol. The number of carboxylic acid groups (broad SMARTS) is 1. The Kier molecular flexibility index (Phi) is 7.37. The Morgan fingerprint density at radius 2 is 2.11 bits per heavy atom. The van der Waals surface area contributed by atoms with Crippen LogP contribution in [0.25, 0.3) is 0 Å². The molecule has 0 aliphatic carbocycles. The Balaban J connectivity index is 4.21. The van der Waals surface area contributed by atoms with Gasteiger partial charge in [0.1, 0.15) is 12.1 Å². The van der Waals surface area contributed by atoms with Crippen LogP contribution in [0.1, 0.15) is 19.3 Å². The van der Waals surface area contributed by atoms with Crippen LogP contribution in [-0.2, 0) is 19.1 Å². The molecule has 0 aromatic heterocycles. The number of nitrogens with two attached hydrogens (primary N) is 1. The van der Waals surface area contributed by atoms with Gasteiger partial charge in [-0.3, -0.25) is 9.59 Å². The van der Waals surface area contributed by atoms with E-state index in [2.05, 4.69) is 16.6 Å². The maximum absolute atomic E-state index is 11.5. The van der Waals surface area contributed by atoms with Gasteiger partial charge < -0.3 is 20.9 Å². The summed E-state index contributed by atoms with van der Waals surface area (Å²) in [7, 11) is 1.21. The Hall–Kier alpha value is -1.89. The van der Waals surface area contributed by atoms with Crippen molar-refractivity contribution >= 4 is 17.8 Å². The fraction of sp³-hybridized carbons (Fsp3) is 0.545. The average molecular weight is 258 g/mol. The zero-order valence-corrected chi connectivity index (χ0v) is 10.2. The first kappa shape index (κ1) is 16.1. The van der Waals surface area contributed by atoms with E-state index in [9.17, 15) is 14.4 Å². The second kappa shape index (κ2) is 8.24. The number of carbonyl (C=O) groups is 3. The summed E-state index contributed by atoms with van der Waals surface area (Å²) < 4.78 is 4.51. The van der Waals surface area contributed by atoms with E-state index < -0.39 is 29.9 Å². The van der Waals surface area contributed by atoms with Crippen molar-refractivity contribution in [2.24, 2.45) is 5.73 Å². The molecule has 0 aliphatic rings. The number of ether oxygens (including phenoxy) is 1. The van der Waals surface area contributed by atoms with E-state index in [1.807, 2.05) is 0 Å². The molecule has 18 heavy (non-hydrogen) atoms. The van der Waals surface area contributed by atoms with Gasteiger partial charge in [-0.2, -0.15) is 0 Å². The number of aliphatic carboxylic acids is 1. The van der Waals surface area contributed by atoms with Gasteiger partial charge in [0.05, 0.1) is 7.11 Å². The predicted octanol–water partition coefficient (Wildman–Crippen LogP) is -0.588. The number of hydrogen-bond acceptors (Lipinski definition) is 5. The van der Waals surface area contributed by atoms with E-state index in [0.29, 0.717) is 0 Å². The summed E-state index contributed by atoms with van der Waals surface area (Å²) in [6.45, 7) is 3.47. The van der Waals surface area contributed by atoms with Crippen LogP contribution < -0.4 is 11.1 Å². The monoisotopic (exact) mass is 258 g/mol. The molecule has 7 heteroatoms. The van der Waals surface area contributed by atoms with Crippen molar-refractivity contribution < 1.29 is 24.2 Å². The number of carbonyl (C=O) groups excluding carboxylic acids is 2. The summed E-state index contributed by atoms with van der Waals surface area (Å²) in [4.78, 5) is 33.2. The largest absolute Gasteiger partial charge is 0.480 e. The van der Waals surface area contributed by atoms with Crippen molar-refractivity contribution in [1.29, 1.82) is 0 Å². The highest BCUT2D eigenvalue weighted by molar-refractivity contribution is 5.85. The lowest BCUT2D eigenvalue weighted by molar-refractivity contribution is -0.145. The molecule has 0 heterocycles. The summed E-state index contributed by atoms with van der Waals surface area (Å²) in [6, 6.07) is -1.90. The normalized spacial score (nSPS) is 13.2.